The van der Waals surface area contributed by atoms with Crippen LogP contribution in [0.1, 0.15) is 11.3 Å². The van der Waals surface area contributed by atoms with Crippen molar-refractivity contribution in [1.82, 2.24) is 20.2 Å². The van der Waals surface area contributed by atoms with Crippen molar-refractivity contribution in [3.63, 3.8) is 0 Å². The van der Waals surface area contributed by atoms with Crippen LogP contribution in [0, 0.1) is 0 Å². The van der Waals surface area contributed by atoms with Gasteiger partial charge in [-0.2, -0.15) is 0 Å². The van der Waals surface area contributed by atoms with Gasteiger partial charge in [0.2, 0.25) is 0 Å². The molecule has 0 bridgehead atoms. The fraction of sp³-hybridized carbons (Fsp3) is 0.263. The molecule has 172 valence electrons. The molecule has 0 radical (unpaired) electrons. The van der Waals surface area contributed by atoms with E-state index in [-0.39, 0.29) is 22.2 Å². The first-order valence-corrected chi connectivity index (χ1v) is 12.5. The van der Waals surface area contributed by atoms with Gasteiger partial charge in [0.25, 0.3) is 11.8 Å². The van der Waals surface area contributed by atoms with E-state index in [0.717, 1.165) is 23.3 Å². The van der Waals surface area contributed by atoms with E-state index in [1.165, 1.54) is 33.8 Å². The summed E-state index contributed by atoms with van der Waals surface area (Å²) in [5.74, 6) is -1.50. The van der Waals surface area contributed by atoms with Crippen molar-refractivity contribution < 1.29 is 24.7 Å². The second-order valence-electron chi connectivity index (χ2n) is 6.91. The molecule has 5 N–H and O–H groups in total. The molecule has 2 aliphatic rings. The van der Waals surface area contributed by atoms with Gasteiger partial charge in [0.05, 0.1) is 0 Å². The number of carboxylic acid groups (broad SMARTS) is 1. The highest BCUT2D eigenvalue weighted by atomic mass is 32.2. The molecule has 14 heteroatoms. The summed E-state index contributed by atoms with van der Waals surface area (Å²) in [7, 11) is 0. The van der Waals surface area contributed by atoms with Crippen LogP contribution in [-0.2, 0) is 20.8 Å². The van der Waals surface area contributed by atoms with Crippen LogP contribution in [0.3, 0.4) is 0 Å². The van der Waals surface area contributed by atoms with E-state index in [1.807, 2.05) is 12.1 Å². The summed E-state index contributed by atoms with van der Waals surface area (Å²) in [5, 5.41) is 25.6. The molecular formula is C19H18N6O5S3. The van der Waals surface area contributed by atoms with Gasteiger partial charge in [-0.1, -0.05) is 5.16 Å². The van der Waals surface area contributed by atoms with Crippen LogP contribution in [0.15, 0.2) is 45.7 Å². The van der Waals surface area contributed by atoms with E-state index < -0.39 is 29.2 Å². The van der Waals surface area contributed by atoms with Gasteiger partial charge < -0.3 is 21.4 Å². The Balaban J connectivity index is 1.44. The highest BCUT2D eigenvalue weighted by Gasteiger charge is 2.54. The van der Waals surface area contributed by atoms with E-state index in [4.69, 9.17) is 5.73 Å². The quantitative estimate of drug-likeness (QED) is 0.175. The molecule has 0 aromatic carbocycles. The molecule has 2 atom stereocenters. The summed E-state index contributed by atoms with van der Waals surface area (Å²) in [4.78, 5) is 47.0. The van der Waals surface area contributed by atoms with Gasteiger partial charge in [0.1, 0.15) is 22.8 Å². The number of pyridine rings is 1. The number of aliphatic carboxylic acids is 1. The van der Waals surface area contributed by atoms with Gasteiger partial charge in [-0.15, -0.1) is 34.9 Å². The highest BCUT2D eigenvalue weighted by molar-refractivity contribution is 8.06. The number of fused-ring (bicyclic) bond motifs is 1. The van der Waals surface area contributed by atoms with Gasteiger partial charge in [-0.25, -0.2) is 9.78 Å². The van der Waals surface area contributed by atoms with Crippen LogP contribution in [0.25, 0.3) is 0 Å². The smallest absolute Gasteiger partial charge is 0.353 e. The molecule has 4 rings (SSSR count). The van der Waals surface area contributed by atoms with Crippen molar-refractivity contribution in [2.75, 3.05) is 17.2 Å². The van der Waals surface area contributed by atoms with Crippen molar-refractivity contribution >= 4 is 63.5 Å². The number of nitrogen functional groups attached to an aromatic ring is 1. The summed E-state index contributed by atoms with van der Waals surface area (Å²) >= 11 is 3.83. The number of hydrogen-bond donors (Lipinski definition) is 4. The van der Waals surface area contributed by atoms with Crippen LogP contribution < -0.4 is 11.1 Å². The maximum Gasteiger partial charge on any atom is 0.353 e. The summed E-state index contributed by atoms with van der Waals surface area (Å²) in [6, 6.07) is 2.84. The average Bonchev–Trinajstić information content (AvgIpc) is 3.23. The molecule has 0 spiro atoms. The number of aryl methyl sites for hydroxylation is 1. The number of anilines is 1. The zero-order valence-corrected chi connectivity index (χ0v) is 19.3. The number of rotatable bonds is 8. The van der Waals surface area contributed by atoms with Crippen LogP contribution >= 0.6 is 34.9 Å². The Hall–Kier alpha value is -3.10. The fourth-order valence-corrected chi connectivity index (χ4v) is 6.55. The molecule has 2 amide bonds. The number of carbonyl (C=O) groups is 3. The molecule has 11 nitrogen and oxygen atoms in total. The Labute approximate surface area is 200 Å². The Bertz CT molecular complexity index is 1150. The SMILES string of the molecule is Nc1nc(/C(=N/O)C(=O)N[C@@H]2C(=O)N3C(C(=O)O)=C(SCCc4ccncc4)CS[C@@H]23)cs1. The predicted octanol–water partition coefficient (Wildman–Crippen LogP) is 0.971. The maximum absolute atomic E-state index is 12.8. The maximum atomic E-state index is 12.8. The lowest BCUT2D eigenvalue weighted by molar-refractivity contribution is -0.150. The number of amides is 2. The lowest BCUT2D eigenvalue weighted by Gasteiger charge is -2.49. The minimum absolute atomic E-state index is 0.0581. The lowest BCUT2D eigenvalue weighted by Crippen LogP contribution is -2.71. The van der Waals surface area contributed by atoms with Crippen LogP contribution in [-0.4, -0.2) is 71.6 Å². The number of carbonyl (C=O) groups excluding carboxylic acids is 2. The highest BCUT2D eigenvalue weighted by Crippen LogP contribution is 2.43. The zero-order valence-electron chi connectivity index (χ0n) is 16.9. The number of nitrogens with one attached hydrogen (secondary N) is 1. The lowest BCUT2D eigenvalue weighted by atomic mass is 10.0. The van der Waals surface area contributed by atoms with Crippen molar-refractivity contribution in [2.45, 2.75) is 17.8 Å². The molecule has 33 heavy (non-hydrogen) atoms. The zero-order chi connectivity index (χ0) is 23.5. The minimum Gasteiger partial charge on any atom is -0.477 e. The summed E-state index contributed by atoms with van der Waals surface area (Å²) in [6.45, 7) is 0. The van der Waals surface area contributed by atoms with E-state index in [0.29, 0.717) is 16.4 Å². The molecule has 0 saturated carbocycles. The molecule has 2 aromatic rings. The van der Waals surface area contributed by atoms with E-state index in [9.17, 15) is 24.7 Å². The van der Waals surface area contributed by atoms with Crippen molar-refractivity contribution in [3.05, 3.63) is 51.8 Å². The number of hydrogen-bond acceptors (Lipinski definition) is 11. The molecule has 2 aliphatic heterocycles. The standard InChI is InChI=1S/C19H18N6O5S3/c20-19-22-10(7-33-19)12(24-30)15(26)23-13-16(27)25-14(18(28)29)11(8-32-17(13)25)31-6-3-9-1-4-21-5-2-9/h1-2,4-5,7,13,17,30H,3,6,8H2,(H2,20,22)(H,23,26)(H,28,29)/b24-12-/t13-,17+/m1/s1. The largest absolute Gasteiger partial charge is 0.477 e. The van der Waals surface area contributed by atoms with Crippen molar-refractivity contribution in [2.24, 2.45) is 5.16 Å². The fourth-order valence-electron chi connectivity index (χ4n) is 3.36. The van der Waals surface area contributed by atoms with Gasteiger partial charge in [-0.05, 0) is 24.1 Å². The van der Waals surface area contributed by atoms with E-state index in [2.05, 4.69) is 20.4 Å². The first-order chi connectivity index (χ1) is 15.9. The number of carboxylic acids is 1. The van der Waals surface area contributed by atoms with Gasteiger partial charge in [0.15, 0.2) is 10.8 Å². The Morgan fingerprint density at radius 1 is 1.36 bits per heavy atom. The molecule has 1 saturated heterocycles. The number of nitrogens with zero attached hydrogens (tertiary/aromatic N) is 4. The molecule has 2 aromatic heterocycles. The molecule has 0 aliphatic carbocycles. The molecule has 0 unspecified atom stereocenters. The Morgan fingerprint density at radius 2 is 2.12 bits per heavy atom. The first kappa shape index (κ1) is 23.1. The van der Waals surface area contributed by atoms with Crippen LogP contribution in [0.2, 0.25) is 0 Å². The van der Waals surface area contributed by atoms with Crippen molar-refractivity contribution in [3.8, 4) is 0 Å². The predicted molar refractivity (Wildman–Crippen MR) is 125 cm³/mol. The third-order valence-electron chi connectivity index (χ3n) is 4.92. The molecule has 4 heterocycles. The number of thiazole rings is 1. The normalized spacial score (nSPS) is 20.3. The number of oxime groups is 1. The van der Waals surface area contributed by atoms with Gasteiger partial charge >= 0.3 is 5.97 Å². The second-order valence-corrected chi connectivity index (χ2v) is 10.1. The summed E-state index contributed by atoms with van der Waals surface area (Å²) < 4.78 is 0. The van der Waals surface area contributed by atoms with Gasteiger partial charge in [0, 0.05) is 34.2 Å². The van der Waals surface area contributed by atoms with Crippen LogP contribution in [0.4, 0.5) is 5.13 Å². The summed E-state index contributed by atoms with van der Waals surface area (Å²) in [6.07, 6.45) is 4.13. The minimum atomic E-state index is -1.19. The molecular weight excluding hydrogens is 488 g/mol. The number of aromatic nitrogens is 2. The summed E-state index contributed by atoms with van der Waals surface area (Å²) in [5.41, 5.74) is 6.28. The number of nitrogens with two attached hydrogens (primary N) is 1. The number of thioether (sulfide) groups is 2. The third kappa shape index (κ3) is 4.67. The third-order valence-corrected chi connectivity index (χ3v) is 8.15. The van der Waals surface area contributed by atoms with E-state index in [1.54, 1.807) is 12.4 Å². The monoisotopic (exact) mass is 506 g/mol. The number of β-lactam (4-membered cyclic amide) rings is 1. The van der Waals surface area contributed by atoms with Crippen molar-refractivity contribution in [1.29, 1.82) is 0 Å². The van der Waals surface area contributed by atoms with E-state index >= 15 is 0 Å². The second kappa shape index (κ2) is 9.80. The average molecular weight is 507 g/mol. The Kier molecular flexibility index (Phi) is 6.85. The van der Waals surface area contributed by atoms with Crippen LogP contribution in [0.5, 0.6) is 0 Å². The Morgan fingerprint density at radius 3 is 2.76 bits per heavy atom. The molecule has 1 fully saturated rings. The van der Waals surface area contributed by atoms with Gasteiger partial charge in [-0.3, -0.25) is 19.5 Å². The first-order valence-electron chi connectivity index (χ1n) is 9.57. The topological polar surface area (TPSA) is 171 Å².